The van der Waals surface area contributed by atoms with Crippen LogP contribution in [0.1, 0.15) is 51.3 Å². The molecule has 40 heavy (non-hydrogen) atoms. The number of nitrogens with zero attached hydrogens (tertiary/aromatic N) is 1. The topological polar surface area (TPSA) is 4.93 Å². The summed E-state index contributed by atoms with van der Waals surface area (Å²) in [5.74, 6) is 0. The summed E-state index contributed by atoms with van der Waals surface area (Å²) in [6.45, 7) is 14.0. The predicted octanol–water partition coefficient (Wildman–Crippen LogP) is 9.99. The van der Waals surface area contributed by atoms with Gasteiger partial charge in [0.15, 0.2) is 0 Å². The zero-order valence-corrected chi connectivity index (χ0v) is 25.3. The van der Waals surface area contributed by atoms with Gasteiger partial charge in [-0.2, -0.15) is 0 Å². The van der Waals surface area contributed by atoms with E-state index >= 15 is 0 Å². The van der Waals surface area contributed by atoms with Gasteiger partial charge in [-0.1, -0.05) is 97.8 Å². The molecular formula is C38H36NP. The summed E-state index contributed by atoms with van der Waals surface area (Å²) < 4.78 is 2.46. The second kappa shape index (κ2) is 8.92. The lowest BCUT2D eigenvalue weighted by Gasteiger charge is -2.23. The smallest absolute Gasteiger partial charge is 0.0544 e. The summed E-state index contributed by atoms with van der Waals surface area (Å²) in [4.78, 5) is 0. The quantitative estimate of drug-likeness (QED) is 0.198. The van der Waals surface area contributed by atoms with Gasteiger partial charge in [0.25, 0.3) is 0 Å². The summed E-state index contributed by atoms with van der Waals surface area (Å²) in [6.07, 6.45) is 0. The molecule has 1 nitrogen and oxygen atoms in total. The van der Waals surface area contributed by atoms with E-state index in [1.54, 1.807) is 0 Å². The number of hydrogen-bond acceptors (Lipinski definition) is 0. The molecule has 0 saturated heterocycles. The molecule has 6 aromatic rings. The van der Waals surface area contributed by atoms with Crippen LogP contribution in [0.5, 0.6) is 0 Å². The summed E-state index contributed by atoms with van der Waals surface area (Å²) in [7, 11) is 0.745. The van der Waals surface area contributed by atoms with E-state index in [9.17, 15) is 0 Å². The molecule has 1 unspecified atom stereocenters. The van der Waals surface area contributed by atoms with Crippen LogP contribution in [0.25, 0.3) is 49.7 Å². The minimum atomic E-state index is -0.0724. The average Bonchev–Trinajstić information content (AvgIpc) is 3.39. The molecule has 0 N–H and O–H groups in total. The second-order valence-electron chi connectivity index (χ2n) is 12.8. The van der Waals surface area contributed by atoms with Crippen LogP contribution in [-0.4, -0.2) is 11.2 Å². The fourth-order valence-electron chi connectivity index (χ4n) is 6.68. The van der Waals surface area contributed by atoms with E-state index < -0.39 is 0 Å². The van der Waals surface area contributed by atoms with Crippen LogP contribution in [0, 0.1) is 0 Å². The van der Waals surface area contributed by atoms with Crippen LogP contribution >= 0.6 is 8.58 Å². The molecule has 1 aliphatic rings. The van der Waals surface area contributed by atoms with E-state index in [1.165, 1.54) is 71.7 Å². The SMILES string of the molecule is CPc1cc2c(cc1-c1ccccc1)-c1cc3c4cc(C(C)(C)C)ccc4n(-c4ccccc4)c3cc1C2(C)C. The largest absolute Gasteiger partial charge is 0.309 e. The fourth-order valence-corrected chi connectivity index (χ4v) is 7.45. The first kappa shape index (κ1) is 25.3. The van der Waals surface area contributed by atoms with Crippen molar-refractivity contribution in [2.75, 3.05) is 6.66 Å². The van der Waals surface area contributed by atoms with Crippen LogP contribution in [0.2, 0.25) is 0 Å². The average molecular weight is 538 g/mol. The monoisotopic (exact) mass is 537 g/mol. The zero-order chi connectivity index (χ0) is 27.8. The molecule has 7 rings (SSSR count). The molecule has 1 aliphatic carbocycles. The molecular weight excluding hydrogens is 501 g/mol. The molecule has 2 heteroatoms. The molecule has 0 bridgehead atoms. The Labute approximate surface area is 239 Å². The fraction of sp³-hybridized carbons (Fsp3) is 0.211. The van der Waals surface area contributed by atoms with Gasteiger partial charge in [0, 0.05) is 21.9 Å². The van der Waals surface area contributed by atoms with Crippen molar-refractivity contribution in [3.8, 4) is 27.9 Å². The first-order chi connectivity index (χ1) is 19.2. The molecule has 1 heterocycles. The Morgan fingerprint density at radius 2 is 1.25 bits per heavy atom. The maximum atomic E-state index is 2.50. The normalized spacial score (nSPS) is 14.3. The Balaban J connectivity index is 1.57. The predicted molar refractivity (Wildman–Crippen MR) is 176 cm³/mol. The van der Waals surface area contributed by atoms with E-state index in [0.717, 1.165) is 8.58 Å². The molecule has 0 fully saturated rings. The van der Waals surface area contributed by atoms with Gasteiger partial charge in [-0.25, -0.2) is 0 Å². The Hall–Kier alpha value is -3.67. The third-order valence-corrected chi connectivity index (χ3v) is 9.89. The molecule has 0 amide bonds. The van der Waals surface area contributed by atoms with E-state index in [1.807, 2.05) is 0 Å². The van der Waals surface area contributed by atoms with Crippen molar-refractivity contribution in [3.05, 3.63) is 120 Å². The lowest BCUT2D eigenvalue weighted by molar-refractivity contribution is 0.591. The molecule has 1 atom stereocenters. The number of rotatable bonds is 3. The molecule has 0 spiro atoms. The van der Waals surface area contributed by atoms with Gasteiger partial charge in [0.05, 0.1) is 11.0 Å². The lowest BCUT2D eigenvalue weighted by atomic mass is 9.82. The van der Waals surface area contributed by atoms with Crippen molar-refractivity contribution >= 4 is 35.7 Å². The molecule has 0 radical (unpaired) electrons. The first-order valence-electron chi connectivity index (χ1n) is 14.3. The van der Waals surface area contributed by atoms with E-state index in [4.69, 9.17) is 0 Å². The van der Waals surface area contributed by atoms with Crippen LogP contribution in [0.3, 0.4) is 0 Å². The molecule has 0 aliphatic heterocycles. The zero-order valence-electron chi connectivity index (χ0n) is 24.3. The van der Waals surface area contributed by atoms with Crippen LogP contribution in [0.15, 0.2) is 103 Å². The van der Waals surface area contributed by atoms with Crippen LogP contribution in [0.4, 0.5) is 0 Å². The van der Waals surface area contributed by atoms with Crippen LogP contribution in [-0.2, 0) is 10.8 Å². The Morgan fingerprint density at radius 1 is 0.625 bits per heavy atom. The molecule has 198 valence electrons. The molecule has 5 aromatic carbocycles. The number of fused-ring (bicyclic) bond motifs is 6. The number of aromatic nitrogens is 1. The van der Waals surface area contributed by atoms with Gasteiger partial charge in [-0.05, 0) is 105 Å². The highest BCUT2D eigenvalue weighted by atomic mass is 31.1. The van der Waals surface area contributed by atoms with Gasteiger partial charge in [-0.3, -0.25) is 0 Å². The van der Waals surface area contributed by atoms with Crippen molar-refractivity contribution in [1.29, 1.82) is 0 Å². The summed E-state index contributed by atoms with van der Waals surface area (Å²) in [6, 6.07) is 38.8. The Morgan fingerprint density at radius 3 is 1.93 bits per heavy atom. The minimum absolute atomic E-state index is 0.0724. The third kappa shape index (κ3) is 3.71. The van der Waals surface area contributed by atoms with E-state index in [2.05, 4.69) is 149 Å². The first-order valence-corrected chi connectivity index (χ1v) is 15.8. The molecule has 0 saturated carbocycles. The maximum absolute atomic E-state index is 2.50. The van der Waals surface area contributed by atoms with Crippen molar-refractivity contribution < 1.29 is 0 Å². The van der Waals surface area contributed by atoms with Crippen molar-refractivity contribution in [1.82, 2.24) is 4.57 Å². The Kier molecular flexibility index (Phi) is 5.64. The summed E-state index contributed by atoms with van der Waals surface area (Å²) in [5.41, 5.74) is 13.4. The van der Waals surface area contributed by atoms with Gasteiger partial charge in [-0.15, -0.1) is 0 Å². The summed E-state index contributed by atoms with van der Waals surface area (Å²) >= 11 is 0. The van der Waals surface area contributed by atoms with Crippen LogP contribution < -0.4 is 5.30 Å². The standard InChI is InChI=1S/C38H36NP/c1-37(2,3)25-17-18-34-30(19-25)31-21-29-28-20-27(24-13-9-7-10-14-24)36(40-6)23-33(28)38(4,5)32(29)22-35(31)39(34)26-15-11-8-12-16-26/h7-23,40H,1-6H3. The third-order valence-electron chi connectivity index (χ3n) is 8.93. The highest BCUT2D eigenvalue weighted by Gasteiger charge is 2.37. The minimum Gasteiger partial charge on any atom is -0.309 e. The van der Waals surface area contributed by atoms with Crippen molar-refractivity contribution in [3.63, 3.8) is 0 Å². The highest BCUT2D eigenvalue weighted by molar-refractivity contribution is 7.46. The van der Waals surface area contributed by atoms with Gasteiger partial charge in [0.1, 0.15) is 0 Å². The number of hydrogen-bond donors (Lipinski definition) is 0. The highest BCUT2D eigenvalue weighted by Crippen LogP contribution is 2.52. The second-order valence-corrected chi connectivity index (χ2v) is 13.8. The van der Waals surface area contributed by atoms with Gasteiger partial charge in [0.2, 0.25) is 0 Å². The van der Waals surface area contributed by atoms with E-state index in [-0.39, 0.29) is 10.8 Å². The van der Waals surface area contributed by atoms with Gasteiger partial charge >= 0.3 is 0 Å². The van der Waals surface area contributed by atoms with Crippen molar-refractivity contribution in [2.24, 2.45) is 0 Å². The maximum Gasteiger partial charge on any atom is 0.0544 e. The molecule has 1 aromatic heterocycles. The van der Waals surface area contributed by atoms with E-state index in [0.29, 0.717) is 0 Å². The van der Waals surface area contributed by atoms with Crippen molar-refractivity contribution in [2.45, 2.75) is 45.4 Å². The Bertz CT molecular complexity index is 1920. The lowest BCUT2D eigenvalue weighted by Crippen LogP contribution is -2.17. The van der Waals surface area contributed by atoms with Gasteiger partial charge < -0.3 is 4.57 Å². The number of para-hydroxylation sites is 1. The number of benzene rings is 5. The summed E-state index contributed by atoms with van der Waals surface area (Å²) in [5, 5.41) is 4.11.